The first-order chi connectivity index (χ1) is 7.68. The first-order valence-electron chi connectivity index (χ1n) is 5.97. The lowest BCUT2D eigenvalue weighted by Crippen LogP contribution is -2.17. The average molecular weight is 237 g/mol. The first-order valence-corrected chi connectivity index (χ1v) is 6.35. The number of carbonyl (C=O) groups is 1. The number of carbonyl (C=O) groups excluding carboxylic acids is 1. The average Bonchev–Trinajstić information content (AvgIpc) is 2.81. The van der Waals surface area contributed by atoms with Crippen LogP contribution in [0.3, 0.4) is 0 Å². The van der Waals surface area contributed by atoms with Crippen molar-refractivity contribution < 1.29 is 4.79 Å². The molecule has 0 aromatic heterocycles. The molecule has 1 aliphatic rings. The van der Waals surface area contributed by atoms with Crippen LogP contribution in [0.4, 0.5) is 0 Å². The van der Waals surface area contributed by atoms with Gasteiger partial charge in [0.1, 0.15) is 5.78 Å². The van der Waals surface area contributed by atoms with Gasteiger partial charge in [-0.2, -0.15) is 0 Å². The van der Waals surface area contributed by atoms with Crippen LogP contribution in [0.2, 0.25) is 5.02 Å². The zero-order valence-electron chi connectivity index (χ0n) is 9.58. The summed E-state index contributed by atoms with van der Waals surface area (Å²) in [7, 11) is 0. The second kappa shape index (κ2) is 5.01. The van der Waals surface area contributed by atoms with E-state index in [1.165, 1.54) is 12.8 Å². The molecule has 1 saturated carbocycles. The summed E-state index contributed by atoms with van der Waals surface area (Å²) in [5, 5.41) is 0.726. The van der Waals surface area contributed by atoms with Gasteiger partial charge in [0, 0.05) is 16.9 Å². The van der Waals surface area contributed by atoms with Gasteiger partial charge in [-0.1, -0.05) is 43.5 Å². The van der Waals surface area contributed by atoms with Gasteiger partial charge in [-0.05, 0) is 30.5 Å². The highest BCUT2D eigenvalue weighted by atomic mass is 35.5. The van der Waals surface area contributed by atoms with Crippen LogP contribution in [0.15, 0.2) is 24.3 Å². The molecule has 1 aliphatic carbocycles. The minimum atomic E-state index is 0.0142. The summed E-state index contributed by atoms with van der Waals surface area (Å²) in [6.45, 7) is 2.00. The van der Waals surface area contributed by atoms with Crippen molar-refractivity contribution in [3.05, 3.63) is 34.9 Å². The molecule has 0 amide bonds. The highest BCUT2D eigenvalue weighted by Gasteiger charge is 2.27. The van der Waals surface area contributed by atoms with Gasteiger partial charge < -0.3 is 0 Å². The standard InChI is InChI=1S/C14H17ClO/c1-10(11-6-8-13(15)9-7-11)14(16)12-4-2-3-5-12/h6-10,12H,2-5H2,1H3/t10-/m0/s1. The number of halogens is 1. The third-order valence-electron chi connectivity index (χ3n) is 3.55. The second-order valence-corrected chi connectivity index (χ2v) is 5.09. The van der Waals surface area contributed by atoms with Crippen molar-refractivity contribution in [2.45, 2.75) is 38.5 Å². The number of Topliss-reactive ketones (excluding diaryl/α,β-unsaturated/α-hetero) is 1. The zero-order valence-corrected chi connectivity index (χ0v) is 10.3. The molecular weight excluding hydrogens is 220 g/mol. The summed E-state index contributed by atoms with van der Waals surface area (Å²) < 4.78 is 0. The van der Waals surface area contributed by atoms with Crippen LogP contribution in [0.25, 0.3) is 0 Å². The lowest BCUT2D eigenvalue weighted by atomic mass is 9.88. The molecule has 1 aromatic rings. The Labute approximate surface area is 102 Å². The summed E-state index contributed by atoms with van der Waals surface area (Å²) in [5.74, 6) is 0.714. The molecule has 0 N–H and O–H groups in total. The molecule has 16 heavy (non-hydrogen) atoms. The van der Waals surface area contributed by atoms with Gasteiger partial charge in [-0.3, -0.25) is 4.79 Å². The first kappa shape index (κ1) is 11.7. The van der Waals surface area contributed by atoms with Crippen LogP contribution in [0.1, 0.15) is 44.1 Å². The Morgan fingerprint density at radius 2 is 1.81 bits per heavy atom. The number of rotatable bonds is 3. The number of hydrogen-bond donors (Lipinski definition) is 0. The van der Waals surface area contributed by atoms with E-state index >= 15 is 0 Å². The fourth-order valence-electron chi connectivity index (χ4n) is 2.48. The molecule has 1 aromatic carbocycles. The predicted octanol–water partition coefficient (Wildman–Crippen LogP) is 4.20. The van der Waals surface area contributed by atoms with E-state index in [0.29, 0.717) is 11.7 Å². The molecular formula is C14H17ClO. The minimum absolute atomic E-state index is 0.0142. The van der Waals surface area contributed by atoms with Crippen molar-refractivity contribution in [3.8, 4) is 0 Å². The predicted molar refractivity (Wildman–Crippen MR) is 66.8 cm³/mol. The molecule has 0 radical (unpaired) electrons. The molecule has 2 rings (SSSR count). The fourth-order valence-corrected chi connectivity index (χ4v) is 2.61. The van der Waals surface area contributed by atoms with Gasteiger partial charge >= 0.3 is 0 Å². The van der Waals surface area contributed by atoms with Crippen molar-refractivity contribution in [1.82, 2.24) is 0 Å². The van der Waals surface area contributed by atoms with Crippen LogP contribution in [0, 0.1) is 5.92 Å². The normalized spacial score (nSPS) is 18.6. The molecule has 0 heterocycles. The van der Waals surface area contributed by atoms with Gasteiger partial charge in [0.2, 0.25) is 0 Å². The van der Waals surface area contributed by atoms with Crippen LogP contribution in [-0.4, -0.2) is 5.78 Å². The summed E-state index contributed by atoms with van der Waals surface area (Å²) in [4.78, 5) is 12.2. The Bertz CT molecular complexity index is 363. The second-order valence-electron chi connectivity index (χ2n) is 4.66. The Morgan fingerprint density at radius 1 is 1.25 bits per heavy atom. The van der Waals surface area contributed by atoms with Gasteiger partial charge in [0.15, 0.2) is 0 Å². The van der Waals surface area contributed by atoms with E-state index in [-0.39, 0.29) is 5.92 Å². The molecule has 0 bridgehead atoms. The lowest BCUT2D eigenvalue weighted by molar-refractivity contribution is -0.123. The summed E-state index contributed by atoms with van der Waals surface area (Å²) in [6, 6.07) is 7.63. The summed E-state index contributed by atoms with van der Waals surface area (Å²) >= 11 is 5.84. The minimum Gasteiger partial charge on any atom is -0.299 e. The van der Waals surface area contributed by atoms with Crippen LogP contribution in [-0.2, 0) is 4.79 Å². The lowest BCUT2D eigenvalue weighted by Gasteiger charge is -2.15. The fraction of sp³-hybridized carbons (Fsp3) is 0.500. The topological polar surface area (TPSA) is 17.1 Å². The van der Waals surface area contributed by atoms with E-state index in [2.05, 4.69) is 0 Å². The quantitative estimate of drug-likeness (QED) is 0.769. The van der Waals surface area contributed by atoms with Crippen LogP contribution < -0.4 is 0 Å². The molecule has 2 heteroatoms. The largest absolute Gasteiger partial charge is 0.299 e. The summed E-state index contributed by atoms with van der Waals surface area (Å²) in [6.07, 6.45) is 4.58. The number of hydrogen-bond acceptors (Lipinski definition) is 1. The molecule has 0 aliphatic heterocycles. The van der Waals surface area contributed by atoms with E-state index < -0.39 is 0 Å². The molecule has 1 fully saturated rings. The van der Waals surface area contributed by atoms with Gasteiger partial charge in [0.25, 0.3) is 0 Å². The Kier molecular flexibility index (Phi) is 3.65. The molecule has 1 atom stereocenters. The van der Waals surface area contributed by atoms with E-state index in [9.17, 15) is 4.79 Å². The van der Waals surface area contributed by atoms with Gasteiger partial charge in [0.05, 0.1) is 0 Å². The van der Waals surface area contributed by atoms with E-state index in [0.717, 1.165) is 23.4 Å². The Balaban J connectivity index is 2.08. The monoisotopic (exact) mass is 236 g/mol. The Hall–Kier alpha value is -0.820. The molecule has 0 unspecified atom stereocenters. The van der Waals surface area contributed by atoms with Crippen molar-refractivity contribution in [1.29, 1.82) is 0 Å². The number of benzene rings is 1. The van der Waals surface area contributed by atoms with Crippen LogP contribution in [0.5, 0.6) is 0 Å². The maximum atomic E-state index is 12.2. The SMILES string of the molecule is C[C@H](C(=O)C1CCCC1)c1ccc(Cl)cc1. The van der Waals surface area contributed by atoms with E-state index in [4.69, 9.17) is 11.6 Å². The van der Waals surface area contributed by atoms with Crippen molar-refractivity contribution in [2.75, 3.05) is 0 Å². The highest BCUT2D eigenvalue weighted by Crippen LogP contribution is 2.31. The third-order valence-corrected chi connectivity index (χ3v) is 3.81. The smallest absolute Gasteiger partial charge is 0.143 e. The van der Waals surface area contributed by atoms with Crippen molar-refractivity contribution >= 4 is 17.4 Å². The van der Waals surface area contributed by atoms with Crippen LogP contribution >= 0.6 is 11.6 Å². The van der Waals surface area contributed by atoms with Gasteiger partial charge in [-0.15, -0.1) is 0 Å². The maximum Gasteiger partial charge on any atom is 0.143 e. The van der Waals surface area contributed by atoms with E-state index in [1.807, 2.05) is 31.2 Å². The highest BCUT2D eigenvalue weighted by molar-refractivity contribution is 6.30. The maximum absolute atomic E-state index is 12.2. The summed E-state index contributed by atoms with van der Waals surface area (Å²) in [5.41, 5.74) is 1.08. The molecule has 0 spiro atoms. The Morgan fingerprint density at radius 3 is 2.38 bits per heavy atom. The number of ketones is 1. The molecule has 86 valence electrons. The third kappa shape index (κ3) is 2.46. The molecule has 0 saturated heterocycles. The van der Waals surface area contributed by atoms with E-state index in [1.54, 1.807) is 0 Å². The zero-order chi connectivity index (χ0) is 11.5. The van der Waals surface area contributed by atoms with Crippen molar-refractivity contribution in [2.24, 2.45) is 5.92 Å². The van der Waals surface area contributed by atoms with Crippen molar-refractivity contribution in [3.63, 3.8) is 0 Å². The molecule has 1 nitrogen and oxygen atoms in total. The van der Waals surface area contributed by atoms with Gasteiger partial charge in [-0.25, -0.2) is 0 Å².